The fourth-order valence-corrected chi connectivity index (χ4v) is 2.87. The Morgan fingerprint density at radius 2 is 1.63 bits per heavy atom. The molecule has 0 saturated heterocycles. The van der Waals surface area contributed by atoms with E-state index in [4.69, 9.17) is 0 Å². The van der Waals surface area contributed by atoms with E-state index in [1.54, 1.807) is 37.5 Å². The van der Waals surface area contributed by atoms with E-state index in [1.165, 1.54) is 12.1 Å². The third kappa shape index (κ3) is 4.34. The van der Waals surface area contributed by atoms with Gasteiger partial charge in [-0.3, -0.25) is 9.97 Å². The van der Waals surface area contributed by atoms with Gasteiger partial charge >= 0.3 is 0 Å². The van der Waals surface area contributed by atoms with Gasteiger partial charge in [-0.1, -0.05) is 29.8 Å². The van der Waals surface area contributed by atoms with Crippen LogP contribution in [-0.2, 0) is 0 Å². The first-order chi connectivity index (χ1) is 13.0. The van der Waals surface area contributed by atoms with Crippen molar-refractivity contribution in [3.8, 4) is 11.3 Å². The first-order valence-corrected chi connectivity index (χ1v) is 8.64. The number of fused-ring (bicyclic) bond motifs is 1. The lowest BCUT2D eigenvalue weighted by Crippen LogP contribution is -1.91. The second kappa shape index (κ2) is 8.04. The summed E-state index contributed by atoms with van der Waals surface area (Å²) in [6, 6.07) is 15.7. The number of aryl methyl sites for hydroxylation is 3. The Kier molecular flexibility index (Phi) is 5.55. The van der Waals surface area contributed by atoms with Gasteiger partial charge in [0.05, 0.1) is 5.69 Å². The second-order valence-electron chi connectivity index (χ2n) is 6.42. The highest BCUT2D eigenvalue weighted by Gasteiger charge is 2.07. The summed E-state index contributed by atoms with van der Waals surface area (Å²) in [5.41, 5.74) is 4.29. The monoisotopic (exact) mass is 364 g/mol. The zero-order chi connectivity index (χ0) is 19.4. The molecule has 0 spiro atoms. The molecule has 138 valence electrons. The molecule has 4 rings (SSSR count). The fourth-order valence-electron chi connectivity index (χ4n) is 2.87. The molecule has 0 unspecified atom stereocenters. The number of hydrogen-bond donors (Lipinski definition) is 0. The van der Waals surface area contributed by atoms with Gasteiger partial charge < -0.3 is 0 Å². The smallest absolute Gasteiger partial charge is 0.131 e. The van der Waals surface area contributed by atoms with Crippen LogP contribution < -0.4 is 0 Å². The van der Waals surface area contributed by atoms with Gasteiger partial charge in [0.25, 0.3) is 0 Å². The van der Waals surface area contributed by atoms with Gasteiger partial charge in [0.1, 0.15) is 11.6 Å². The van der Waals surface area contributed by atoms with Gasteiger partial charge in [0.15, 0.2) is 0 Å². The van der Waals surface area contributed by atoms with Gasteiger partial charge in [-0.2, -0.15) is 0 Å². The van der Waals surface area contributed by atoms with Crippen molar-refractivity contribution in [1.82, 2.24) is 9.97 Å². The molecule has 4 heteroatoms. The molecule has 2 aromatic heterocycles. The van der Waals surface area contributed by atoms with Crippen molar-refractivity contribution in [2.45, 2.75) is 20.8 Å². The first kappa shape index (κ1) is 18.6. The summed E-state index contributed by atoms with van der Waals surface area (Å²) in [4.78, 5) is 8.57. The molecule has 0 amide bonds. The van der Waals surface area contributed by atoms with E-state index in [-0.39, 0.29) is 13.1 Å². The number of hydrogen-bond acceptors (Lipinski definition) is 2. The molecule has 0 radical (unpaired) electrons. The number of aromatic nitrogens is 2. The normalized spacial score (nSPS) is 10.4. The predicted octanol–water partition coefficient (Wildman–Crippen LogP) is 6.43. The van der Waals surface area contributed by atoms with E-state index < -0.39 is 0 Å². The van der Waals surface area contributed by atoms with Crippen LogP contribution in [0.4, 0.5) is 8.78 Å². The Balaban J connectivity index is 0.000000239. The quantitative estimate of drug-likeness (QED) is 0.389. The first-order valence-electron chi connectivity index (χ1n) is 8.64. The van der Waals surface area contributed by atoms with E-state index in [0.717, 1.165) is 33.5 Å². The number of halogens is 2. The van der Waals surface area contributed by atoms with Crippen molar-refractivity contribution in [3.05, 3.63) is 95.4 Å². The summed E-state index contributed by atoms with van der Waals surface area (Å²) in [5.74, 6) is -0.344. The van der Waals surface area contributed by atoms with Crippen molar-refractivity contribution in [2.24, 2.45) is 0 Å². The Labute approximate surface area is 159 Å². The minimum absolute atomic E-state index is 0. The highest BCUT2D eigenvalue weighted by molar-refractivity contribution is 5.88. The number of nitrogens with zero attached hydrogens (tertiary/aromatic N) is 2. The Morgan fingerprint density at radius 1 is 0.815 bits per heavy atom. The Morgan fingerprint density at radius 3 is 2.30 bits per heavy atom. The van der Waals surface area contributed by atoms with E-state index in [0.29, 0.717) is 5.39 Å². The summed E-state index contributed by atoms with van der Waals surface area (Å²) in [6.07, 6.45) is 3.44. The average molecular weight is 364 g/mol. The number of benzene rings is 2. The second-order valence-corrected chi connectivity index (χ2v) is 6.42. The van der Waals surface area contributed by atoms with Gasteiger partial charge in [-0.15, -0.1) is 0 Å². The van der Waals surface area contributed by atoms with Crippen molar-refractivity contribution in [2.75, 3.05) is 0 Å². The predicted molar refractivity (Wildman–Crippen MR) is 108 cm³/mol. The zero-order valence-electron chi connectivity index (χ0n) is 15.5. The van der Waals surface area contributed by atoms with Crippen LogP contribution in [0.2, 0.25) is 0 Å². The van der Waals surface area contributed by atoms with Crippen LogP contribution in [0, 0.1) is 32.4 Å². The van der Waals surface area contributed by atoms with E-state index in [1.807, 2.05) is 38.1 Å². The van der Waals surface area contributed by atoms with E-state index >= 15 is 0 Å². The van der Waals surface area contributed by atoms with E-state index in [9.17, 15) is 8.78 Å². The maximum Gasteiger partial charge on any atom is 0.131 e. The molecule has 0 aliphatic heterocycles. The Hall–Kier alpha value is -3.14. The molecule has 0 N–H and O–H groups in total. The molecule has 0 aliphatic rings. The number of rotatable bonds is 1. The third-order valence-electron chi connectivity index (χ3n) is 4.28. The molecule has 2 aromatic carbocycles. The minimum atomic E-state index is -0.219. The van der Waals surface area contributed by atoms with Crippen molar-refractivity contribution in [1.29, 1.82) is 0 Å². The minimum Gasteiger partial charge on any atom is -0.264 e. The SMILES string of the molecule is Cc1ccc(F)c(C)c1.Cc1nc(-c2cccnc2)cc2c(F)cccc12.[HH]. The van der Waals surface area contributed by atoms with Crippen LogP contribution in [0.1, 0.15) is 18.2 Å². The standard InChI is InChI=1S/C15H11FN2.C8H9F.H2/c1-10-12-5-2-6-14(16)13(12)8-15(18-10)11-4-3-7-17-9-11;1-6-3-4-8(9)7(2)5-6;/h2-9H,1H3;3-5H,1-2H3;1H. The van der Waals surface area contributed by atoms with E-state index in [2.05, 4.69) is 9.97 Å². The van der Waals surface area contributed by atoms with Crippen LogP contribution in [-0.4, -0.2) is 9.97 Å². The maximum atomic E-state index is 13.8. The molecule has 27 heavy (non-hydrogen) atoms. The summed E-state index contributed by atoms with van der Waals surface area (Å²) in [5, 5.41) is 1.45. The van der Waals surface area contributed by atoms with Crippen LogP contribution in [0.15, 0.2) is 67.0 Å². The lowest BCUT2D eigenvalue weighted by atomic mass is 10.1. The molecule has 0 atom stereocenters. The summed E-state index contributed by atoms with van der Waals surface area (Å²) in [6.45, 7) is 5.61. The highest BCUT2D eigenvalue weighted by atomic mass is 19.1. The molecule has 0 bridgehead atoms. The Bertz CT molecular complexity index is 1080. The van der Waals surface area contributed by atoms with Gasteiger partial charge in [0.2, 0.25) is 0 Å². The average Bonchev–Trinajstić information content (AvgIpc) is 2.67. The molecule has 4 aromatic rings. The summed E-state index contributed by atoms with van der Waals surface area (Å²) >= 11 is 0. The van der Waals surface area contributed by atoms with Gasteiger partial charge in [-0.25, -0.2) is 8.78 Å². The molecule has 0 fully saturated rings. The molecule has 2 heterocycles. The zero-order valence-corrected chi connectivity index (χ0v) is 15.5. The van der Waals surface area contributed by atoms with Crippen LogP contribution in [0.3, 0.4) is 0 Å². The lowest BCUT2D eigenvalue weighted by molar-refractivity contribution is 0.618. The fraction of sp³-hybridized carbons (Fsp3) is 0.130. The van der Waals surface area contributed by atoms with Crippen molar-refractivity contribution < 1.29 is 10.2 Å². The molecular weight excluding hydrogens is 342 g/mol. The van der Waals surface area contributed by atoms with Crippen LogP contribution in [0.25, 0.3) is 22.0 Å². The summed E-state index contributed by atoms with van der Waals surface area (Å²) < 4.78 is 26.3. The maximum absolute atomic E-state index is 13.8. The van der Waals surface area contributed by atoms with Crippen LogP contribution in [0.5, 0.6) is 0 Å². The third-order valence-corrected chi connectivity index (χ3v) is 4.28. The highest BCUT2D eigenvalue weighted by Crippen LogP contribution is 2.25. The van der Waals surface area contributed by atoms with Crippen molar-refractivity contribution >= 4 is 10.8 Å². The van der Waals surface area contributed by atoms with Gasteiger partial charge in [0, 0.05) is 35.9 Å². The van der Waals surface area contributed by atoms with Crippen LogP contribution >= 0.6 is 0 Å². The molecular formula is C23H22F2N2. The van der Waals surface area contributed by atoms with Gasteiger partial charge in [-0.05, 0) is 56.7 Å². The van der Waals surface area contributed by atoms with Crippen molar-refractivity contribution in [3.63, 3.8) is 0 Å². The molecule has 2 nitrogen and oxygen atoms in total. The molecule has 0 aliphatic carbocycles. The molecule has 0 saturated carbocycles. The lowest BCUT2D eigenvalue weighted by Gasteiger charge is -2.07. The number of pyridine rings is 2. The largest absolute Gasteiger partial charge is 0.264 e. The topological polar surface area (TPSA) is 25.8 Å². The summed E-state index contributed by atoms with van der Waals surface area (Å²) in [7, 11) is 0.